The fraction of sp³-hybridized carbons (Fsp3) is 0.316. The molecule has 0 saturated carbocycles. The molecule has 0 aliphatic carbocycles. The molecule has 0 fully saturated rings. The zero-order chi connectivity index (χ0) is 16.8. The summed E-state index contributed by atoms with van der Waals surface area (Å²) in [6.07, 6.45) is 1.69. The van der Waals surface area contributed by atoms with Crippen molar-refractivity contribution >= 4 is 23.2 Å². The number of anilines is 1. The summed E-state index contributed by atoms with van der Waals surface area (Å²) in [6.45, 7) is 6.06. The molecular weight excluding hydrogens is 310 g/mol. The van der Waals surface area contributed by atoms with E-state index < -0.39 is 0 Å². The number of carbonyl (C=O) groups is 1. The minimum Gasteiger partial charge on any atom is -0.484 e. The van der Waals surface area contributed by atoms with Gasteiger partial charge in [0.2, 0.25) is 0 Å². The lowest BCUT2D eigenvalue weighted by Gasteiger charge is -2.13. The van der Waals surface area contributed by atoms with E-state index in [1.165, 1.54) is 0 Å². The molecule has 0 bridgehead atoms. The average Bonchev–Trinajstić information content (AvgIpc) is 2.56. The second-order valence-electron chi connectivity index (χ2n) is 5.41. The Labute approximate surface area is 142 Å². The third-order valence-corrected chi connectivity index (χ3v) is 4.14. The smallest absolute Gasteiger partial charge is 0.262 e. The summed E-state index contributed by atoms with van der Waals surface area (Å²) in [5.41, 5.74) is 4.07. The summed E-state index contributed by atoms with van der Waals surface area (Å²) < 4.78 is 5.58. The van der Waals surface area contributed by atoms with Crippen molar-refractivity contribution in [2.45, 2.75) is 33.6 Å². The van der Waals surface area contributed by atoms with Gasteiger partial charge in [0.15, 0.2) is 6.61 Å². The summed E-state index contributed by atoms with van der Waals surface area (Å²) in [4.78, 5) is 12.2. The Morgan fingerprint density at radius 3 is 2.57 bits per heavy atom. The predicted molar refractivity (Wildman–Crippen MR) is 95.5 cm³/mol. The first-order chi connectivity index (χ1) is 11.0. The fourth-order valence-electron chi connectivity index (χ4n) is 2.44. The number of hydrogen-bond donors (Lipinski definition) is 1. The molecule has 2 aromatic carbocycles. The lowest BCUT2D eigenvalue weighted by atomic mass is 10.1. The third-order valence-electron chi connectivity index (χ3n) is 3.77. The first kappa shape index (κ1) is 17.4. The van der Waals surface area contributed by atoms with Gasteiger partial charge in [0.1, 0.15) is 5.75 Å². The van der Waals surface area contributed by atoms with Gasteiger partial charge < -0.3 is 10.1 Å². The van der Waals surface area contributed by atoms with Crippen LogP contribution in [0.15, 0.2) is 36.4 Å². The van der Waals surface area contributed by atoms with Crippen LogP contribution in [0.1, 0.15) is 30.5 Å². The molecule has 2 rings (SSSR count). The fourth-order valence-corrected chi connectivity index (χ4v) is 2.69. The van der Waals surface area contributed by atoms with Crippen molar-refractivity contribution in [3.8, 4) is 5.75 Å². The lowest BCUT2D eigenvalue weighted by molar-refractivity contribution is -0.118. The van der Waals surface area contributed by atoms with E-state index in [2.05, 4.69) is 12.2 Å². The van der Waals surface area contributed by atoms with Gasteiger partial charge in [-0.3, -0.25) is 4.79 Å². The zero-order valence-corrected chi connectivity index (χ0v) is 14.5. The number of halogens is 1. The van der Waals surface area contributed by atoms with Gasteiger partial charge in [0.05, 0.1) is 0 Å². The van der Waals surface area contributed by atoms with Gasteiger partial charge in [0.25, 0.3) is 5.91 Å². The lowest BCUT2D eigenvalue weighted by Crippen LogP contribution is -2.21. The van der Waals surface area contributed by atoms with Crippen molar-refractivity contribution in [1.82, 2.24) is 0 Å². The van der Waals surface area contributed by atoms with Gasteiger partial charge >= 0.3 is 0 Å². The van der Waals surface area contributed by atoms with Crippen molar-refractivity contribution in [3.05, 3.63) is 58.1 Å². The highest BCUT2D eigenvalue weighted by molar-refractivity contribution is 6.31. The van der Waals surface area contributed by atoms with E-state index in [9.17, 15) is 4.79 Å². The third kappa shape index (κ3) is 4.49. The van der Waals surface area contributed by atoms with Crippen molar-refractivity contribution in [1.29, 1.82) is 0 Å². The Morgan fingerprint density at radius 1 is 1.13 bits per heavy atom. The average molecular weight is 332 g/mol. The Hall–Kier alpha value is -2.00. The highest BCUT2D eigenvalue weighted by Gasteiger charge is 2.10. The molecule has 122 valence electrons. The zero-order valence-electron chi connectivity index (χ0n) is 13.8. The molecule has 0 heterocycles. The number of ether oxygens (including phenoxy) is 1. The van der Waals surface area contributed by atoms with E-state index in [0.717, 1.165) is 40.2 Å². The van der Waals surface area contributed by atoms with Crippen molar-refractivity contribution < 1.29 is 9.53 Å². The Kier molecular flexibility index (Phi) is 6.05. The number of benzene rings is 2. The minimum absolute atomic E-state index is 0.0255. The molecule has 0 aliphatic heterocycles. The number of nitrogens with one attached hydrogen (secondary N) is 1. The summed E-state index contributed by atoms with van der Waals surface area (Å²) >= 11 is 6.08. The first-order valence-corrected chi connectivity index (χ1v) is 8.22. The molecule has 0 aromatic heterocycles. The quantitative estimate of drug-likeness (QED) is 0.826. The van der Waals surface area contributed by atoms with Gasteiger partial charge in [0, 0.05) is 10.7 Å². The summed E-state index contributed by atoms with van der Waals surface area (Å²) in [5, 5.41) is 3.67. The normalized spacial score (nSPS) is 10.4. The van der Waals surface area contributed by atoms with Crippen LogP contribution in [0.25, 0.3) is 0 Å². The SMILES string of the molecule is CCc1cc(OCC(=O)Nc2c(C)cccc2CC)ccc1Cl. The van der Waals surface area contributed by atoms with Gasteiger partial charge in [-0.25, -0.2) is 0 Å². The van der Waals surface area contributed by atoms with Crippen LogP contribution in [0.5, 0.6) is 5.75 Å². The van der Waals surface area contributed by atoms with E-state index in [4.69, 9.17) is 16.3 Å². The van der Waals surface area contributed by atoms with E-state index in [1.807, 2.05) is 38.1 Å². The van der Waals surface area contributed by atoms with E-state index in [1.54, 1.807) is 12.1 Å². The van der Waals surface area contributed by atoms with Gasteiger partial charge in [-0.15, -0.1) is 0 Å². The van der Waals surface area contributed by atoms with E-state index in [0.29, 0.717) is 5.75 Å². The van der Waals surface area contributed by atoms with Crippen LogP contribution in [0.2, 0.25) is 5.02 Å². The van der Waals surface area contributed by atoms with E-state index in [-0.39, 0.29) is 12.5 Å². The number of aryl methyl sites for hydroxylation is 3. The second-order valence-corrected chi connectivity index (χ2v) is 5.81. The first-order valence-electron chi connectivity index (χ1n) is 7.84. The predicted octanol–water partition coefficient (Wildman–Crippen LogP) is 4.79. The van der Waals surface area contributed by atoms with Crippen LogP contribution in [0.4, 0.5) is 5.69 Å². The molecule has 0 atom stereocenters. The molecule has 1 amide bonds. The van der Waals surface area contributed by atoms with Crippen LogP contribution in [0, 0.1) is 6.92 Å². The topological polar surface area (TPSA) is 38.3 Å². The highest BCUT2D eigenvalue weighted by atomic mass is 35.5. The van der Waals surface area contributed by atoms with E-state index >= 15 is 0 Å². The maximum atomic E-state index is 12.2. The van der Waals surface area contributed by atoms with Crippen molar-refractivity contribution in [2.75, 3.05) is 11.9 Å². The summed E-state index contributed by atoms with van der Waals surface area (Å²) in [6, 6.07) is 11.5. The molecular formula is C19H22ClNO2. The Morgan fingerprint density at radius 2 is 1.87 bits per heavy atom. The number of rotatable bonds is 6. The Bertz CT molecular complexity index is 698. The van der Waals surface area contributed by atoms with Crippen molar-refractivity contribution in [2.24, 2.45) is 0 Å². The van der Waals surface area contributed by atoms with Crippen LogP contribution in [0.3, 0.4) is 0 Å². The van der Waals surface area contributed by atoms with Gasteiger partial charge in [-0.05, 0) is 54.7 Å². The number of para-hydroxylation sites is 1. The highest BCUT2D eigenvalue weighted by Crippen LogP contribution is 2.23. The maximum absolute atomic E-state index is 12.2. The number of hydrogen-bond acceptors (Lipinski definition) is 2. The largest absolute Gasteiger partial charge is 0.484 e. The molecule has 0 saturated heterocycles. The van der Waals surface area contributed by atoms with Crippen LogP contribution < -0.4 is 10.1 Å². The van der Waals surface area contributed by atoms with Crippen LogP contribution >= 0.6 is 11.6 Å². The Balaban J connectivity index is 2.01. The molecule has 3 nitrogen and oxygen atoms in total. The summed E-state index contributed by atoms with van der Waals surface area (Å²) in [7, 11) is 0. The molecule has 0 radical (unpaired) electrons. The minimum atomic E-state index is -0.165. The number of amides is 1. The molecule has 1 N–H and O–H groups in total. The van der Waals surface area contributed by atoms with Crippen LogP contribution in [-0.2, 0) is 17.6 Å². The summed E-state index contributed by atoms with van der Waals surface area (Å²) in [5.74, 6) is 0.490. The second kappa shape index (κ2) is 8.02. The molecule has 0 spiro atoms. The van der Waals surface area contributed by atoms with Gasteiger partial charge in [-0.2, -0.15) is 0 Å². The number of carbonyl (C=O) groups excluding carboxylic acids is 1. The van der Waals surface area contributed by atoms with Gasteiger partial charge in [-0.1, -0.05) is 43.6 Å². The maximum Gasteiger partial charge on any atom is 0.262 e. The monoisotopic (exact) mass is 331 g/mol. The molecule has 0 unspecified atom stereocenters. The standard InChI is InChI=1S/C19H22ClNO2/c1-4-14-8-6-7-13(3)19(14)21-18(22)12-23-16-9-10-17(20)15(5-2)11-16/h6-11H,4-5,12H2,1-3H3,(H,21,22). The molecule has 4 heteroatoms. The van der Waals surface area contributed by atoms with Crippen molar-refractivity contribution in [3.63, 3.8) is 0 Å². The molecule has 23 heavy (non-hydrogen) atoms. The molecule has 2 aromatic rings. The van der Waals surface area contributed by atoms with Crippen LogP contribution in [-0.4, -0.2) is 12.5 Å². The molecule has 0 aliphatic rings.